The highest BCUT2D eigenvalue weighted by Gasteiger charge is 2.35. The van der Waals surface area contributed by atoms with Crippen molar-refractivity contribution >= 4 is 28.4 Å². The first-order valence-electron chi connectivity index (χ1n) is 4.82. The molecule has 0 unspecified atom stereocenters. The SMILES string of the molecule is CCOc1ccc(C(F)(F)F)c(I)c1C(C)=O. The molecule has 0 N–H and O–H groups in total. The maximum atomic E-state index is 12.7. The van der Waals surface area contributed by atoms with Crippen LogP contribution in [-0.2, 0) is 6.18 Å². The maximum absolute atomic E-state index is 12.7. The number of ketones is 1. The molecule has 0 saturated carbocycles. The first-order chi connectivity index (χ1) is 7.79. The molecular formula is C11H10F3IO2. The third kappa shape index (κ3) is 3.11. The molecule has 0 amide bonds. The fraction of sp³-hybridized carbons (Fsp3) is 0.364. The minimum atomic E-state index is -4.47. The van der Waals surface area contributed by atoms with E-state index in [1.165, 1.54) is 35.6 Å². The zero-order chi connectivity index (χ0) is 13.2. The van der Waals surface area contributed by atoms with Crippen LogP contribution in [0.25, 0.3) is 0 Å². The molecule has 1 aromatic rings. The standard InChI is InChI=1S/C11H10F3IO2/c1-3-17-8-5-4-7(11(12,13)14)10(15)9(8)6(2)16/h4-5H,3H2,1-2H3. The molecule has 0 bridgehead atoms. The second kappa shape index (κ2) is 5.24. The quantitative estimate of drug-likeness (QED) is 0.605. The summed E-state index contributed by atoms with van der Waals surface area (Å²) < 4.78 is 43.0. The number of Topliss-reactive ketones (excluding diaryl/α,β-unsaturated/α-hetero) is 1. The normalized spacial score (nSPS) is 11.4. The van der Waals surface area contributed by atoms with Crippen molar-refractivity contribution in [1.82, 2.24) is 0 Å². The molecule has 1 rings (SSSR count). The van der Waals surface area contributed by atoms with Crippen molar-refractivity contribution in [1.29, 1.82) is 0 Å². The fourth-order valence-corrected chi connectivity index (χ4v) is 2.51. The van der Waals surface area contributed by atoms with E-state index in [0.29, 0.717) is 6.61 Å². The predicted octanol–water partition coefficient (Wildman–Crippen LogP) is 3.91. The molecule has 0 spiro atoms. The summed E-state index contributed by atoms with van der Waals surface area (Å²) in [6.07, 6.45) is -4.47. The van der Waals surface area contributed by atoms with Crippen LogP contribution < -0.4 is 4.74 Å². The topological polar surface area (TPSA) is 26.3 Å². The van der Waals surface area contributed by atoms with Crippen LogP contribution in [0.2, 0.25) is 0 Å². The van der Waals surface area contributed by atoms with E-state index < -0.39 is 17.5 Å². The number of hydrogen-bond donors (Lipinski definition) is 0. The zero-order valence-electron chi connectivity index (χ0n) is 9.19. The molecule has 2 nitrogen and oxygen atoms in total. The lowest BCUT2D eigenvalue weighted by atomic mass is 10.1. The Hall–Kier alpha value is -0.790. The largest absolute Gasteiger partial charge is 0.493 e. The highest BCUT2D eigenvalue weighted by molar-refractivity contribution is 14.1. The Labute approximate surface area is 110 Å². The average molecular weight is 358 g/mol. The Morgan fingerprint density at radius 3 is 2.41 bits per heavy atom. The van der Waals surface area contributed by atoms with Crippen molar-refractivity contribution in [3.63, 3.8) is 0 Å². The van der Waals surface area contributed by atoms with E-state index >= 15 is 0 Å². The Kier molecular flexibility index (Phi) is 4.40. The minimum absolute atomic E-state index is 0.0118. The zero-order valence-corrected chi connectivity index (χ0v) is 11.3. The molecule has 0 radical (unpaired) electrons. The van der Waals surface area contributed by atoms with E-state index in [-0.39, 0.29) is 14.9 Å². The van der Waals surface area contributed by atoms with Crippen LogP contribution in [0.3, 0.4) is 0 Å². The Morgan fingerprint density at radius 1 is 1.41 bits per heavy atom. The van der Waals surface area contributed by atoms with Crippen molar-refractivity contribution in [2.24, 2.45) is 0 Å². The second-order valence-corrected chi connectivity index (χ2v) is 4.37. The van der Waals surface area contributed by atoms with Gasteiger partial charge in [-0.3, -0.25) is 4.79 Å². The van der Waals surface area contributed by atoms with E-state index in [1.807, 2.05) is 0 Å². The summed E-state index contributed by atoms with van der Waals surface area (Å²) in [6.45, 7) is 3.22. The summed E-state index contributed by atoms with van der Waals surface area (Å²) in [5.41, 5.74) is -0.825. The van der Waals surface area contributed by atoms with Crippen LogP contribution in [0.15, 0.2) is 12.1 Å². The van der Waals surface area contributed by atoms with Gasteiger partial charge in [0.15, 0.2) is 5.78 Å². The van der Waals surface area contributed by atoms with Gasteiger partial charge in [-0.1, -0.05) is 0 Å². The molecule has 0 fully saturated rings. The van der Waals surface area contributed by atoms with E-state index in [0.717, 1.165) is 6.07 Å². The minimum Gasteiger partial charge on any atom is -0.493 e. The van der Waals surface area contributed by atoms with Crippen LogP contribution in [-0.4, -0.2) is 12.4 Å². The molecule has 0 aliphatic carbocycles. The van der Waals surface area contributed by atoms with Crippen LogP contribution in [0.1, 0.15) is 29.8 Å². The lowest BCUT2D eigenvalue weighted by molar-refractivity contribution is -0.138. The maximum Gasteiger partial charge on any atom is 0.417 e. The van der Waals surface area contributed by atoms with Crippen molar-refractivity contribution in [2.45, 2.75) is 20.0 Å². The number of ether oxygens (including phenoxy) is 1. The number of carbonyl (C=O) groups excluding carboxylic acids is 1. The van der Waals surface area contributed by atoms with Gasteiger partial charge in [-0.25, -0.2) is 0 Å². The van der Waals surface area contributed by atoms with Crippen molar-refractivity contribution in [2.75, 3.05) is 6.61 Å². The van der Waals surface area contributed by atoms with Gasteiger partial charge < -0.3 is 4.74 Å². The highest BCUT2D eigenvalue weighted by atomic mass is 127. The van der Waals surface area contributed by atoms with E-state index in [1.54, 1.807) is 6.92 Å². The molecule has 0 atom stereocenters. The van der Waals surface area contributed by atoms with Gasteiger partial charge in [-0.15, -0.1) is 0 Å². The third-order valence-corrected chi connectivity index (χ3v) is 3.18. The highest BCUT2D eigenvalue weighted by Crippen LogP contribution is 2.37. The molecule has 17 heavy (non-hydrogen) atoms. The van der Waals surface area contributed by atoms with Crippen molar-refractivity contribution in [3.8, 4) is 5.75 Å². The first-order valence-corrected chi connectivity index (χ1v) is 5.90. The van der Waals surface area contributed by atoms with Crippen molar-refractivity contribution < 1.29 is 22.7 Å². The van der Waals surface area contributed by atoms with Gasteiger partial charge in [0, 0.05) is 3.57 Å². The van der Waals surface area contributed by atoms with Crippen LogP contribution in [0, 0.1) is 3.57 Å². The van der Waals surface area contributed by atoms with Gasteiger partial charge in [0.1, 0.15) is 5.75 Å². The molecular weight excluding hydrogens is 348 g/mol. The number of alkyl halides is 3. The van der Waals surface area contributed by atoms with Crippen LogP contribution >= 0.6 is 22.6 Å². The summed E-state index contributed by atoms with van der Waals surface area (Å²) in [6, 6.07) is 2.12. The smallest absolute Gasteiger partial charge is 0.417 e. The summed E-state index contributed by atoms with van der Waals surface area (Å²) in [4.78, 5) is 11.4. The van der Waals surface area contributed by atoms with Gasteiger partial charge >= 0.3 is 6.18 Å². The lowest BCUT2D eigenvalue weighted by Crippen LogP contribution is -2.12. The number of rotatable bonds is 3. The number of halogens is 4. The van der Waals surface area contributed by atoms with Gasteiger partial charge in [0.05, 0.1) is 17.7 Å². The molecule has 1 aromatic carbocycles. The summed E-state index contributed by atoms with van der Waals surface area (Å²) in [5.74, 6) is -0.249. The predicted molar refractivity (Wildman–Crippen MR) is 65.3 cm³/mol. The van der Waals surface area contributed by atoms with Crippen molar-refractivity contribution in [3.05, 3.63) is 26.8 Å². The Balaban J connectivity index is 3.44. The molecule has 0 aliphatic rings. The molecule has 94 valence electrons. The summed E-state index contributed by atoms with van der Waals surface area (Å²) in [7, 11) is 0. The first kappa shape index (κ1) is 14.3. The molecule has 0 aromatic heterocycles. The summed E-state index contributed by atoms with van der Waals surface area (Å²) in [5, 5.41) is 0. The van der Waals surface area contributed by atoms with Gasteiger partial charge in [0.25, 0.3) is 0 Å². The Bertz CT molecular complexity index is 441. The van der Waals surface area contributed by atoms with E-state index in [4.69, 9.17) is 4.74 Å². The van der Waals surface area contributed by atoms with Gasteiger partial charge in [-0.05, 0) is 48.6 Å². The third-order valence-electron chi connectivity index (χ3n) is 2.06. The summed E-state index contributed by atoms with van der Waals surface area (Å²) >= 11 is 1.53. The van der Waals surface area contributed by atoms with Crippen LogP contribution in [0.4, 0.5) is 13.2 Å². The second-order valence-electron chi connectivity index (χ2n) is 3.29. The number of hydrogen-bond acceptors (Lipinski definition) is 2. The molecule has 0 saturated heterocycles. The molecule has 0 aliphatic heterocycles. The molecule has 0 heterocycles. The van der Waals surface area contributed by atoms with Gasteiger partial charge in [0.2, 0.25) is 0 Å². The van der Waals surface area contributed by atoms with E-state index in [9.17, 15) is 18.0 Å². The van der Waals surface area contributed by atoms with Crippen LogP contribution in [0.5, 0.6) is 5.75 Å². The Morgan fingerprint density at radius 2 is 2.00 bits per heavy atom. The number of benzene rings is 1. The number of carbonyl (C=O) groups is 1. The molecule has 6 heteroatoms. The van der Waals surface area contributed by atoms with E-state index in [2.05, 4.69) is 0 Å². The fourth-order valence-electron chi connectivity index (χ4n) is 1.38. The monoisotopic (exact) mass is 358 g/mol. The average Bonchev–Trinajstić information content (AvgIpc) is 2.15. The lowest BCUT2D eigenvalue weighted by Gasteiger charge is -2.15. The van der Waals surface area contributed by atoms with Gasteiger partial charge in [-0.2, -0.15) is 13.2 Å².